The van der Waals surface area contributed by atoms with E-state index < -0.39 is 0 Å². The number of pyridine rings is 1. The molecule has 0 unspecified atom stereocenters. The average molecular weight is 402 g/mol. The number of thiophene rings is 1. The summed E-state index contributed by atoms with van der Waals surface area (Å²) in [5.41, 5.74) is 7.20. The third kappa shape index (κ3) is 3.25. The Morgan fingerprint density at radius 2 is 1.86 bits per heavy atom. The highest BCUT2D eigenvalue weighted by Crippen LogP contribution is 2.45. The molecule has 5 heteroatoms. The third-order valence-electron chi connectivity index (χ3n) is 5.94. The molecule has 1 aliphatic heterocycles. The molecule has 0 fully saturated rings. The van der Waals surface area contributed by atoms with Gasteiger partial charge in [0.05, 0.1) is 23.1 Å². The first-order chi connectivity index (χ1) is 14.1. The fourth-order valence-corrected chi connectivity index (χ4v) is 5.14. The van der Waals surface area contributed by atoms with Gasteiger partial charge in [-0.15, -0.1) is 11.3 Å². The van der Waals surface area contributed by atoms with Gasteiger partial charge in [-0.1, -0.05) is 12.1 Å². The number of allylic oxidation sites excluding steroid dienone is 1. The Morgan fingerprint density at radius 3 is 2.59 bits per heavy atom. The zero-order chi connectivity index (χ0) is 20.0. The summed E-state index contributed by atoms with van der Waals surface area (Å²) in [7, 11) is 0. The largest absolute Gasteiger partial charge is 0.371 e. The van der Waals surface area contributed by atoms with E-state index in [1.54, 1.807) is 17.5 Å². The van der Waals surface area contributed by atoms with Crippen LogP contribution in [0.2, 0.25) is 0 Å². The van der Waals surface area contributed by atoms with E-state index in [4.69, 9.17) is 0 Å². The molecule has 29 heavy (non-hydrogen) atoms. The molecule has 3 aromatic rings. The number of aryl methyl sites for hydroxylation is 2. The predicted molar refractivity (Wildman–Crippen MR) is 118 cm³/mol. The Hall–Kier alpha value is -2.92. The molecule has 0 radical (unpaired) electrons. The lowest BCUT2D eigenvalue weighted by Gasteiger charge is -2.28. The van der Waals surface area contributed by atoms with Gasteiger partial charge in [0, 0.05) is 34.7 Å². The number of nitrogens with zero attached hydrogens (tertiary/aromatic N) is 1. The number of hydrogen-bond acceptors (Lipinski definition) is 5. The summed E-state index contributed by atoms with van der Waals surface area (Å²) in [6.45, 7) is 4.23. The van der Waals surface area contributed by atoms with Crippen LogP contribution in [0.15, 0.2) is 65.3 Å². The van der Waals surface area contributed by atoms with Crippen LogP contribution in [0.4, 0.5) is 11.4 Å². The summed E-state index contributed by atoms with van der Waals surface area (Å²) >= 11 is 1.73. The van der Waals surface area contributed by atoms with Gasteiger partial charge >= 0.3 is 0 Å². The third-order valence-corrected chi connectivity index (χ3v) is 6.98. The molecule has 2 aliphatic rings. The molecular formula is C24H23N3OS. The van der Waals surface area contributed by atoms with E-state index in [0.29, 0.717) is 6.42 Å². The van der Waals surface area contributed by atoms with Crippen molar-refractivity contribution in [1.29, 1.82) is 0 Å². The molecule has 0 spiro atoms. The minimum absolute atomic E-state index is 0.196. The summed E-state index contributed by atoms with van der Waals surface area (Å²) in [5, 5.41) is 9.33. The zero-order valence-electron chi connectivity index (χ0n) is 16.5. The van der Waals surface area contributed by atoms with Gasteiger partial charge in [-0.2, -0.15) is 0 Å². The second-order valence-electron chi connectivity index (χ2n) is 7.88. The Labute approximate surface area is 174 Å². The Bertz CT molecular complexity index is 1100. The van der Waals surface area contributed by atoms with E-state index in [1.165, 1.54) is 16.0 Å². The summed E-state index contributed by atoms with van der Waals surface area (Å²) in [6, 6.07) is 14.2. The standard InChI is InChI=1S/C24H23N3OS/c1-14-10-18-19(11-15(14)2)27-24(17-6-3-4-8-25-17)23-20(26-18)12-16(13-21(23)28)22-7-5-9-29-22/h3-11,16,24,26-27H,12-13H2,1-2H3/t16-,24+/m0/s1. The molecule has 0 bridgehead atoms. The van der Waals surface area contributed by atoms with Crippen LogP contribution < -0.4 is 10.6 Å². The Kier molecular flexibility index (Phi) is 4.47. The number of benzene rings is 1. The van der Waals surface area contributed by atoms with Crippen molar-refractivity contribution in [3.8, 4) is 0 Å². The fraction of sp³-hybridized carbons (Fsp3) is 0.250. The number of rotatable bonds is 2. The first-order valence-electron chi connectivity index (χ1n) is 9.95. The first-order valence-corrected chi connectivity index (χ1v) is 10.8. The zero-order valence-corrected chi connectivity index (χ0v) is 17.3. The lowest BCUT2D eigenvalue weighted by molar-refractivity contribution is -0.116. The van der Waals surface area contributed by atoms with Gasteiger partial charge in [0.25, 0.3) is 0 Å². The normalized spacial score (nSPS) is 21.0. The van der Waals surface area contributed by atoms with Crippen molar-refractivity contribution in [3.63, 3.8) is 0 Å². The number of carbonyl (C=O) groups excluding carboxylic acids is 1. The highest BCUT2D eigenvalue weighted by atomic mass is 32.1. The molecule has 0 saturated carbocycles. The average Bonchev–Trinajstić information content (AvgIpc) is 3.20. The van der Waals surface area contributed by atoms with Crippen LogP contribution in [0.5, 0.6) is 0 Å². The molecule has 146 valence electrons. The topological polar surface area (TPSA) is 54.0 Å². The van der Waals surface area contributed by atoms with Gasteiger partial charge in [-0.25, -0.2) is 0 Å². The van der Waals surface area contributed by atoms with Gasteiger partial charge in [-0.05, 0) is 67.1 Å². The Balaban J connectivity index is 1.65. The molecule has 2 aromatic heterocycles. The van der Waals surface area contributed by atoms with Crippen LogP contribution in [0.1, 0.15) is 46.5 Å². The molecule has 4 nitrogen and oxygen atoms in total. The van der Waals surface area contributed by atoms with Crippen molar-refractivity contribution in [2.75, 3.05) is 10.6 Å². The maximum atomic E-state index is 13.4. The Morgan fingerprint density at radius 1 is 1.03 bits per heavy atom. The molecule has 1 aliphatic carbocycles. The van der Waals surface area contributed by atoms with Crippen LogP contribution in [0.25, 0.3) is 0 Å². The van der Waals surface area contributed by atoms with Crippen molar-refractivity contribution < 1.29 is 4.79 Å². The number of nitrogens with one attached hydrogen (secondary N) is 2. The van der Waals surface area contributed by atoms with E-state index in [1.807, 2.05) is 18.2 Å². The summed E-state index contributed by atoms with van der Waals surface area (Å²) in [6.07, 6.45) is 3.16. The highest BCUT2D eigenvalue weighted by molar-refractivity contribution is 7.10. The minimum atomic E-state index is -0.251. The van der Waals surface area contributed by atoms with Crippen LogP contribution in [0, 0.1) is 13.8 Å². The van der Waals surface area contributed by atoms with Crippen molar-refractivity contribution in [2.24, 2.45) is 0 Å². The van der Waals surface area contributed by atoms with Crippen LogP contribution in [-0.2, 0) is 4.79 Å². The number of fused-ring (bicyclic) bond motifs is 1. The van der Waals surface area contributed by atoms with Gasteiger partial charge in [0.15, 0.2) is 5.78 Å². The van der Waals surface area contributed by atoms with E-state index >= 15 is 0 Å². The van der Waals surface area contributed by atoms with Crippen molar-refractivity contribution in [2.45, 2.75) is 38.6 Å². The second-order valence-corrected chi connectivity index (χ2v) is 8.85. The summed E-state index contributed by atoms with van der Waals surface area (Å²) < 4.78 is 0. The molecule has 2 atom stereocenters. The summed E-state index contributed by atoms with van der Waals surface area (Å²) in [4.78, 5) is 19.2. The number of aromatic nitrogens is 1. The second kappa shape index (κ2) is 7.16. The number of carbonyl (C=O) groups is 1. The van der Waals surface area contributed by atoms with Crippen molar-refractivity contribution in [3.05, 3.63) is 87.0 Å². The van der Waals surface area contributed by atoms with Crippen LogP contribution in [-0.4, -0.2) is 10.8 Å². The SMILES string of the molecule is Cc1cc2c(cc1C)N[C@H](c1ccccn1)C1=C(C[C@H](c3cccs3)CC1=O)N2. The van der Waals surface area contributed by atoms with Crippen molar-refractivity contribution in [1.82, 2.24) is 4.98 Å². The number of anilines is 2. The van der Waals surface area contributed by atoms with Gasteiger partial charge in [0.1, 0.15) is 0 Å². The maximum Gasteiger partial charge on any atom is 0.163 e. The van der Waals surface area contributed by atoms with E-state index in [9.17, 15) is 4.79 Å². The first kappa shape index (κ1) is 18.1. The smallest absolute Gasteiger partial charge is 0.163 e. The number of hydrogen-bond donors (Lipinski definition) is 2. The fourth-order valence-electron chi connectivity index (χ4n) is 4.31. The highest BCUT2D eigenvalue weighted by Gasteiger charge is 2.36. The molecule has 0 saturated heterocycles. The van der Waals surface area contributed by atoms with Gasteiger partial charge < -0.3 is 10.6 Å². The molecule has 3 heterocycles. The van der Waals surface area contributed by atoms with Crippen molar-refractivity contribution >= 4 is 28.5 Å². The monoisotopic (exact) mass is 401 g/mol. The summed E-state index contributed by atoms with van der Waals surface area (Å²) in [5.74, 6) is 0.424. The lowest BCUT2D eigenvalue weighted by atomic mass is 9.81. The quantitative estimate of drug-likeness (QED) is 0.575. The van der Waals surface area contributed by atoms with Crippen LogP contribution >= 0.6 is 11.3 Å². The molecule has 2 N–H and O–H groups in total. The number of Topliss-reactive ketones (excluding diaryl/α,β-unsaturated/α-hetero) is 1. The van der Waals surface area contributed by atoms with Gasteiger partial charge in [-0.3, -0.25) is 9.78 Å². The van der Waals surface area contributed by atoms with Crippen LogP contribution in [0.3, 0.4) is 0 Å². The molecule has 0 amide bonds. The minimum Gasteiger partial charge on any atom is -0.371 e. The van der Waals surface area contributed by atoms with Gasteiger partial charge in [0.2, 0.25) is 0 Å². The lowest BCUT2D eigenvalue weighted by Crippen LogP contribution is -2.27. The number of ketones is 1. The molecular weight excluding hydrogens is 378 g/mol. The molecule has 5 rings (SSSR count). The van der Waals surface area contributed by atoms with E-state index in [-0.39, 0.29) is 17.7 Å². The van der Waals surface area contributed by atoms with E-state index in [0.717, 1.165) is 34.8 Å². The molecule has 1 aromatic carbocycles. The van der Waals surface area contributed by atoms with E-state index in [2.05, 4.69) is 59.1 Å². The maximum absolute atomic E-state index is 13.4. The predicted octanol–water partition coefficient (Wildman–Crippen LogP) is 5.74.